The zero-order valence-electron chi connectivity index (χ0n) is 20.8. The maximum absolute atomic E-state index is 15.5. The molecule has 1 aromatic carbocycles. The number of aromatic nitrogens is 1. The number of carboxylic acids is 1. The van der Waals surface area contributed by atoms with Crippen LogP contribution in [0.4, 0.5) is 4.39 Å². The van der Waals surface area contributed by atoms with Crippen molar-refractivity contribution in [2.45, 2.75) is 69.2 Å². The maximum Gasteiger partial charge on any atom is 0.303 e. The summed E-state index contributed by atoms with van der Waals surface area (Å²) >= 11 is 2.10. The predicted molar refractivity (Wildman–Crippen MR) is 141 cm³/mol. The molecular formula is C28H39FN2O3S. The summed E-state index contributed by atoms with van der Waals surface area (Å²) in [7, 11) is 1.60. The Morgan fingerprint density at radius 2 is 2.06 bits per heavy atom. The number of fused-ring (bicyclic) bond motifs is 1. The van der Waals surface area contributed by atoms with E-state index in [-0.39, 0.29) is 18.3 Å². The Hall–Kier alpha value is -1.86. The topological polar surface area (TPSA) is 62.7 Å². The first kappa shape index (κ1) is 26.2. The van der Waals surface area contributed by atoms with E-state index in [0.717, 1.165) is 48.0 Å². The molecule has 35 heavy (non-hydrogen) atoms. The highest BCUT2D eigenvalue weighted by Crippen LogP contribution is 2.36. The van der Waals surface area contributed by atoms with E-state index in [1.807, 2.05) is 18.2 Å². The summed E-state index contributed by atoms with van der Waals surface area (Å²) in [6.07, 6.45) is 9.57. The van der Waals surface area contributed by atoms with Gasteiger partial charge in [0.2, 0.25) is 0 Å². The van der Waals surface area contributed by atoms with Crippen LogP contribution in [0.5, 0.6) is 5.75 Å². The van der Waals surface area contributed by atoms with Gasteiger partial charge in [0.1, 0.15) is 11.9 Å². The number of thioether (sulfide) groups is 1. The number of hydrogen-bond acceptors (Lipinski definition) is 5. The first-order valence-corrected chi connectivity index (χ1v) is 14.2. The third-order valence-corrected chi connectivity index (χ3v) is 9.20. The number of carbonyl (C=O) groups is 1. The number of alkyl halides is 1. The summed E-state index contributed by atoms with van der Waals surface area (Å²) in [5.74, 6) is 1.40. The van der Waals surface area contributed by atoms with Gasteiger partial charge in [-0.1, -0.05) is 19.3 Å². The molecule has 0 amide bonds. The largest absolute Gasteiger partial charge is 0.497 e. The van der Waals surface area contributed by atoms with Gasteiger partial charge in [0.05, 0.1) is 12.6 Å². The molecule has 1 aromatic heterocycles. The van der Waals surface area contributed by atoms with E-state index in [9.17, 15) is 9.90 Å². The SMILES string of the molecule is COc1ccc2nccc(C(F)CC[C@@H]3CCN(CCSC4CCCCC4)C[C@@H]3CC(=O)O)c2c1. The van der Waals surface area contributed by atoms with Crippen molar-refractivity contribution in [2.24, 2.45) is 11.8 Å². The fraction of sp³-hybridized carbons (Fsp3) is 0.643. The number of aliphatic carboxylic acids is 1. The lowest BCUT2D eigenvalue weighted by Gasteiger charge is -2.38. The number of methoxy groups -OCH3 is 1. The summed E-state index contributed by atoms with van der Waals surface area (Å²) in [6.45, 7) is 2.83. The monoisotopic (exact) mass is 502 g/mol. The van der Waals surface area contributed by atoms with Crippen molar-refractivity contribution in [3.05, 3.63) is 36.0 Å². The van der Waals surface area contributed by atoms with Gasteiger partial charge in [0.15, 0.2) is 0 Å². The van der Waals surface area contributed by atoms with Crippen LogP contribution in [0.1, 0.15) is 69.5 Å². The third-order valence-electron chi connectivity index (χ3n) is 7.84. The molecule has 192 valence electrons. The van der Waals surface area contributed by atoms with E-state index in [1.54, 1.807) is 19.4 Å². The lowest BCUT2D eigenvalue weighted by Crippen LogP contribution is -2.42. The van der Waals surface area contributed by atoms with E-state index in [2.05, 4.69) is 21.6 Å². The van der Waals surface area contributed by atoms with Gasteiger partial charge in [-0.2, -0.15) is 11.8 Å². The maximum atomic E-state index is 15.5. The Labute approximate surface area is 212 Å². The number of pyridine rings is 1. The predicted octanol–water partition coefficient (Wildman–Crippen LogP) is 6.51. The second kappa shape index (κ2) is 12.9. The first-order chi connectivity index (χ1) is 17.0. The number of benzene rings is 1. The number of rotatable bonds is 11. The average Bonchev–Trinajstić information content (AvgIpc) is 2.87. The van der Waals surface area contributed by atoms with E-state index >= 15 is 4.39 Å². The summed E-state index contributed by atoms with van der Waals surface area (Å²) < 4.78 is 20.8. The molecule has 2 aliphatic rings. The van der Waals surface area contributed by atoms with Crippen LogP contribution < -0.4 is 4.74 Å². The molecule has 1 saturated carbocycles. The van der Waals surface area contributed by atoms with Crippen molar-refractivity contribution < 1.29 is 19.0 Å². The fourth-order valence-corrected chi connectivity index (χ4v) is 7.20. The van der Waals surface area contributed by atoms with Crippen LogP contribution in [0.15, 0.2) is 30.5 Å². The van der Waals surface area contributed by atoms with Crippen molar-refractivity contribution in [3.63, 3.8) is 0 Å². The number of likely N-dealkylation sites (tertiary alicyclic amines) is 1. The smallest absolute Gasteiger partial charge is 0.303 e. The number of hydrogen-bond donors (Lipinski definition) is 1. The second-order valence-electron chi connectivity index (χ2n) is 10.2. The molecule has 1 aliphatic heterocycles. The number of halogens is 1. The number of nitrogens with zero attached hydrogens (tertiary/aromatic N) is 2. The van der Waals surface area contributed by atoms with Crippen molar-refractivity contribution >= 4 is 28.6 Å². The van der Waals surface area contributed by atoms with Gasteiger partial charge in [0.25, 0.3) is 0 Å². The van der Waals surface area contributed by atoms with Gasteiger partial charge in [-0.3, -0.25) is 9.78 Å². The number of piperidine rings is 1. The van der Waals surface area contributed by atoms with Crippen LogP contribution in [0.3, 0.4) is 0 Å². The molecule has 3 atom stereocenters. The zero-order valence-corrected chi connectivity index (χ0v) is 21.6. The molecule has 0 radical (unpaired) electrons. The van der Waals surface area contributed by atoms with E-state index in [4.69, 9.17) is 4.74 Å². The molecule has 1 unspecified atom stereocenters. The van der Waals surface area contributed by atoms with Crippen LogP contribution in [-0.2, 0) is 4.79 Å². The van der Waals surface area contributed by atoms with Crippen LogP contribution in [-0.4, -0.2) is 58.7 Å². The van der Waals surface area contributed by atoms with Gasteiger partial charge in [-0.05, 0) is 80.3 Å². The molecule has 2 heterocycles. The van der Waals surface area contributed by atoms with Gasteiger partial charge in [-0.15, -0.1) is 0 Å². The molecule has 2 aromatic rings. The minimum absolute atomic E-state index is 0.0856. The Bertz CT molecular complexity index is 968. The lowest BCUT2D eigenvalue weighted by molar-refractivity contribution is -0.139. The minimum Gasteiger partial charge on any atom is -0.497 e. The molecule has 7 heteroatoms. The van der Waals surface area contributed by atoms with Gasteiger partial charge < -0.3 is 14.7 Å². The van der Waals surface area contributed by atoms with Gasteiger partial charge in [-0.25, -0.2) is 4.39 Å². The molecule has 0 bridgehead atoms. The zero-order chi connectivity index (χ0) is 24.6. The number of carboxylic acid groups (broad SMARTS) is 1. The fourth-order valence-electron chi connectivity index (χ4n) is 5.84. The average molecular weight is 503 g/mol. The van der Waals surface area contributed by atoms with Gasteiger partial charge in [0, 0.05) is 42.1 Å². The van der Waals surface area contributed by atoms with E-state index in [0.29, 0.717) is 24.2 Å². The quantitative estimate of drug-likeness (QED) is 0.378. The van der Waals surface area contributed by atoms with E-state index in [1.165, 1.54) is 32.1 Å². The summed E-state index contributed by atoms with van der Waals surface area (Å²) in [5.41, 5.74) is 1.40. The molecule has 2 fully saturated rings. The summed E-state index contributed by atoms with van der Waals surface area (Å²) in [5, 5.41) is 11.1. The minimum atomic E-state index is -1.11. The molecule has 0 spiro atoms. The van der Waals surface area contributed by atoms with Crippen molar-refractivity contribution in [2.75, 3.05) is 32.5 Å². The third kappa shape index (κ3) is 7.32. The van der Waals surface area contributed by atoms with E-state index < -0.39 is 12.1 Å². The Morgan fingerprint density at radius 1 is 1.23 bits per heavy atom. The molecule has 1 saturated heterocycles. The van der Waals surface area contributed by atoms with Crippen LogP contribution in [0.2, 0.25) is 0 Å². The Balaban J connectivity index is 1.32. The van der Waals surface area contributed by atoms with Crippen molar-refractivity contribution in [1.29, 1.82) is 0 Å². The van der Waals surface area contributed by atoms with Crippen molar-refractivity contribution in [1.82, 2.24) is 9.88 Å². The lowest BCUT2D eigenvalue weighted by atomic mass is 9.79. The highest BCUT2D eigenvalue weighted by Gasteiger charge is 2.31. The Morgan fingerprint density at radius 3 is 2.83 bits per heavy atom. The first-order valence-electron chi connectivity index (χ1n) is 13.2. The Kier molecular flexibility index (Phi) is 9.67. The molecular weight excluding hydrogens is 463 g/mol. The highest BCUT2D eigenvalue weighted by molar-refractivity contribution is 7.99. The molecule has 1 aliphatic carbocycles. The van der Waals surface area contributed by atoms with Crippen LogP contribution in [0, 0.1) is 11.8 Å². The summed E-state index contributed by atoms with van der Waals surface area (Å²) in [6, 6.07) is 7.30. The second-order valence-corrected chi connectivity index (χ2v) is 11.6. The highest BCUT2D eigenvalue weighted by atomic mass is 32.2. The number of ether oxygens (including phenoxy) is 1. The normalized spacial score (nSPS) is 22.8. The van der Waals surface area contributed by atoms with Crippen LogP contribution in [0.25, 0.3) is 10.9 Å². The van der Waals surface area contributed by atoms with Crippen LogP contribution >= 0.6 is 11.8 Å². The molecule has 4 rings (SSSR count). The molecule has 5 nitrogen and oxygen atoms in total. The van der Waals surface area contributed by atoms with Crippen molar-refractivity contribution in [3.8, 4) is 5.75 Å². The molecule has 1 N–H and O–H groups in total. The van der Waals surface area contributed by atoms with Gasteiger partial charge >= 0.3 is 5.97 Å². The standard InChI is InChI=1S/C28H39FN2O3S/c1-34-22-8-10-27-25(18-22)24(11-13-30-27)26(29)9-7-20-12-14-31(19-21(20)17-28(32)33)15-16-35-23-5-3-2-4-6-23/h8,10-11,13,18,20-21,23,26H,2-7,9,12,14-17,19H2,1H3,(H,32,33)/t20-,21+,26?/m1/s1. The summed E-state index contributed by atoms with van der Waals surface area (Å²) in [4.78, 5) is 18.4.